The molecule has 0 unspecified atom stereocenters. The lowest BCUT2D eigenvalue weighted by atomic mass is 10.00. The molecule has 2 heterocycles. The van der Waals surface area contributed by atoms with Gasteiger partial charge in [0.25, 0.3) is 10.0 Å². The first-order chi connectivity index (χ1) is 17.3. The SMILES string of the molecule is CCOC1=N[C@H](Cc2cn(S(=O)(=O)c3ccccc3)c3cc(OC)ccc23)C(OCC)=N[C@H]1C(C)C. The predicted octanol–water partition coefficient (Wildman–Crippen LogP) is 4.71. The van der Waals surface area contributed by atoms with E-state index in [2.05, 4.69) is 13.8 Å². The maximum Gasteiger partial charge on any atom is 0.268 e. The average molecular weight is 512 g/mol. The third kappa shape index (κ3) is 4.97. The summed E-state index contributed by atoms with van der Waals surface area (Å²) in [6, 6.07) is 13.2. The lowest BCUT2D eigenvalue weighted by Crippen LogP contribution is -2.39. The molecule has 4 rings (SSSR count). The molecule has 3 aromatic rings. The van der Waals surface area contributed by atoms with Gasteiger partial charge in [-0.3, -0.25) is 0 Å². The first-order valence-electron chi connectivity index (χ1n) is 12.2. The number of benzene rings is 2. The van der Waals surface area contributed by atoms with Gasteiger partial charge in [-0.05, 0) is 49.6 Å². The van der Waals surface area contributed by atoms with Crippen molar-refractivity contribution in [2.24, 2.45) is 15.9 Å². The summed E-state index contributed by atoms with van der Waals surface area (Å²) in [5.41, 5.74) is 1.35. The molecule has 8 nitrogen and oxygen atoms in total. The largest absolute Gasteiger partial charge is 0.497 e. The maximum absolute atomic E-state index is 13.6. The quantitative estimate of drug-likeness (QED) is 0.437. The number of aromatic nitrogens is 1. The minimum Gasteiger partial charge on any atom is -0.497 e. The van der Waals surface area contributed by atoms with Crippen LogP contribution in [-0.4, -0.2) is 56.6 Å². The topological polar surface area (TPSA) is 91.5 Å². The molecule has 0 radical (unpaired) electrons. The third-order valence-electron chi connectivity index (χ3n) is 6.08. The summed E-state index contributed by atoms with van der Waals surface area (Å²) >= 11 is 0. The van der Waals surface area contributed by atoms with Crippen molar-refractivity contribution < 1.29 is 22.6 Å². The summed E-state index contributed by atoms with van der Waals surface area (Å²) in [7, 11) is -2.28. The number of hydrogen-bond donors (Lipinski definition) is 0. The molecule has 9 heteroatoms. The molecular weight excluding hydrogens is 478 g/mol. The van der Waals surface area contributed by atoms with Crippen LogP contribution < -0.4 is 4.74 Å². The number of methoxy groups -OCH3 is 1. The van der Waals surface area contributed by atoms with E-state index in [0.717, 1.165) is 10.9 Å². The Kier molecular flexibility index (Phi) is 7.68. The molecule has 2 aromatic carbocycles. The molecule has 192 valence electrons. The summed E-state index contributed by atoms with van der Waals surface area (Å²) in [6.07, 6.45) is 2.07. The van der Waals surface area contributed by atoms with E-state index in [9.17, 15) is 8.42 Å². The maximum atomic E-state index is 13.6. The number of hydrogen-bond acceptors (Lipinski definition) is 7. The van der Waals surface area contributed by atoms with Crippen LogP contribution in [0.15, 0.2) is 69.6 Å². The van der Waals surface area contributed by atoms with Crippen molar-refractivity contribution in [3.8, 4) is 5.75 Å². The zero-order valence-corrected chi connectivity index (χ0v) is 22.2. The zero-order valence-electron chi connectivity index (χ0n) is 21.3. The Morgan fingerprint density at radius 2 is 1.67 bits per heavy atom. The van der Waals surface area contributed by atoms with Crippen molar-refractivity contribution in [2.45, 2.75) is 51.1 Å². The molecule has 36 heavy (non-hydrogen) atoms. The molecule has 0 spiro atoms. The molecule has 2 atom stereocenters. The molecule has 0 saturated heterocycles. The molecule has 1 aliphatic heterocycles. The number of ether oxygens (including phenoxy) is 3. The number of rotatable bonds is 8. The predicted molar refractivity (Wildman–Crippen MR) is 142 cm³/mol. The number of aliphatic imine (C=N–C) groups is 2. The number of nitrogens with zero attached hydrogens (tertiary/aromatic N) is 3. The Hall–Kier alpha value is -3.33. The summed E-state index contributed by atoms with van der Waals surface area (Å²) in [5, 5.41) is 0.797. The van der Waals surface area contributed by atoms with Crippen molar-refractivity contribution >= 4 is 32.7 Å². The zero-order chi connectivity index (χ0) is 25.9. The summed E-state index contributed by atoms with van der Waals surface area (Å²) in [6.45, 7) is 8.93. The molecule has 0 N–H and O–H groups in total. The molecular formula is C27H33N3O5S. The van der Waals surface area contributed by atoms with Crippen molar-refractivity contribution in [1.29, 1.82) is 0 Å². The Bertz CT molecular complexity index is 1380. The fourth-order valence-electron chi connectivity index (χ4n) is 4.33. The van der Waals surface area contributed by atoms with Gasteiger partial charge >= 0.3 is 0 Å². The van der Waals surface area contributed by atoms with E-state index in [-0.39, 0.29) is 16.9 Å². The Morgan fingerprint density at radius 1 is 0.972 bits per heavy atom. The lowest BCUT2D eigenvalue weighted by molar-refractivity contribution is 0.276. The molecule has 1 aromatic heterocycles. The minimum absolute atomic E-state index is 0.192. The van der Waals surface area contributed by atoms with Crippen LogP contribution in [0.4, 0.5) is 0 Å². The summed E-state index contributed by atoms with van der Waals surface area (Å²) < 4.78 is 45.7. The van der Waals surface area contributed by atoms with E-state index in [0.29, 0.717) is 42.7 Å². The minimum atomic E-state index is -3.83. The molecule has 0 saturated carbocycles. The van der Waals surface area contributed by atoms with Gasteiger partial charge in [0, 0.05) is 24.1 Å². The van der Waals surface area contributed by atoms with Crippen LogP contribution in [0.5, 0.6) is 5.75 Å². The highest BCUT2D eigenvalue weighted by Gasteiger charge is 2.33. The van der Waals surface area contributed by atoms with Crippen molar-refractivity contribution in [3.05, 3.63) is 60.3 Å². The van der Waals surface area contributed by atoms with Crippen LogP contribution in [0.1, 0.15) is 33.3 Å². The van der Waals surface area contributed by atoms with Crippen LogP contribution in [-0.2, 0) is 25.9 Å². The van der Waals surface area contributed by atoms with E-state index in [1.165, 1.54) is 3.97 Å². The van der Waals surface area contributed by atoms with E-state index >= 15 is 0 Å². The fraction of sp³-hybridized carbons (Fsp3) is 0.407. The summed E-state index contributed by atoms with van der Waals surface area (Å²) in [4.78, 5) is 9.96. The van der Waals surface area contributed by atoms with Gasteiger partial charge in [-0.2, -0.15) is 0 Å². The highest BCUT2D eigenvalue weighted by Crippen LogP contribution is 2.31. The van der Waals surface area contributed by atoms with Crippen molar-refractivity contribution in [3.63, 3.8) is 0 Å². The molecule has 1 aliphatic rings. The van der Waals surface area contributed by atoms with E-state index < -0.39 is 16.1 Å². The van der Waals surface area contributed by atoms with Crippen LogP contribution in [0.2, 0.25) is 0 Å². The average Bonchev–Trinajstić information content (AvgIpc) is 3.24. The first-order valence-corrected chi connectivity index (χ1v) is 13.6. The highest BCUT2D eigenvalue weighted by molar-refractivity contribution is 7.90. The monoisotopic (exact) mass is 511 g/mol. The second-order valence-electron chi connectivity index (χ2n) is 8.86. The van der Waals surface area contributed by atoms with Crippen molar-refractivity contribution in [2.75, 3.05) is 20.3 Å². The lowest BCUT2D eigenvalue weighted by Gasteiger charge is -2.28. The van der Waals surface area contributed by atoms with Crippen LogP contribution in [0.25, 0.3) is 10.9 Å². The first kappa shape index (κ1) is 25.8. The van der Waals surface area contributed by atoms with Gasteiger partial charge in [-0.1, -0.05) is 32.0 Å². The van der Waals surface area contributed by atoms with Gasteiger partial charge in [0.05, 0.1) is 30.7 Å². The van der Waals surface area contributed by atoms with Gasteiger partial charge in [0.1, 0.15) is 17.8 Å². The molecule has 0 amide bonds. The highest BCUT2D eigenvalue weighted by atomic mass is 32.2. The van der Waals surface area contributed by atoms with Crippen LogP contribution >= 0.6 is 0 Å². The standard InChI is InChI=1S/C27H33N3O5S/c1-6-34-26-23(28-27(35-7-2)25(29-26)18(3)4)15-19-17-30(24-16-20(33-5)13-14-22(19)24)36(31,32)21-11-9-8-10-12-21/h8-14,16-18,23,25H,6-7,15H2,1-5H3/t23-,25+/m1/s1. The van der Waals surface area contributed by atoms with Gasteiger partial charge < -0.3 is 14.2 Å². The van der Waals surface area contributed by atoms with Gasteiger partial charge in [-0.15, -0.1) is 0 Å². The third-order valence-corrected chi connectivity index (χ3v) is 7.77. The Balaban J connectivity index is 1.83. The van der Waals surface area contributed by atoms with Gasteiger partial charge in [-0.25, -0.2) is 22.4 Å². The molecule has 0 bridgehead atoms. The second-order valence-corrected chi connectivity index (χ2v) is 10.7. The fourth-order valence-corrected chi connectivity index (χ4v) is 5.74. The second kappa shape index (κ2) is 10.7. The van der Waals surface area contributed by atoms with Crippen molar-refractivity contribution in [1.82, 2.24) is 3.97 Å². The van der Waals surface area contributed by atoms with E-state index in [4.69, 9.17) is 24.2 Å². The van der Waals surface area contributed by atoms with E-state index in [1.807, 2.05) is 26.0 Å². The smallest absolute Gasteiger partial charge is 0.268 e. The normalized spacial score (nSPS) is 18.2. The number of fused-ring (bicyclic) bond motifs is 1. The summed E-state index contributed by atoms with van der Waals surface area (Å²) in [5.74, 6) is 1.89. The van der Waals surface area contributed by atoms with Crippen LogP contribution in [0, 0.1) is 5.92 Å². The van der Waals surface area contributed by atoms with Gasteiger partial charge in [0.2, 0.25) is 11.8 Å². The van der Waals surface area contributed by atoms with Crippen LogP contribution in [0.3, 0.4) is 0 Å². The molecule has 0 fully saturated rings. The Labute approximate surface area is 212 Å². The Morgan fingerprint density at radius 3 is 2.31 bits per heavy atom. The van der Waals surface area contributed by atoms with Gasteiger partial charge in [0.15, 0.2) is 0 Å². The van der Waals surface area contributed by atoms with E-state index in [1.54, 1.807) is 49.7 Å². The molecule has 0 aliphatic carbocycles.